The van der Waals surface area contributed by atoms with Gasteiger partial charge >= 0.3 is 11.9 Å². The van der Waals surface area contributed by atoms with Crippen LogP contribution in [0, 0.1) is 0 Å². The molecule has 2 heterocycles. The summed E-state index contributed by atoms with van der Waals surface area (Å²) in [5.74, 6) is -1.67. The van der Waals surface area contributed by atoms with Gasteiger partial charge in [0.05, 0.1) is 25.2 Å². The summed E-state index contributed by atoms with van der Waals surface area (Å²) in [6.07, 6.45) is 0. The van der Waals surface area contributed by atoms with Crippen molar-refractivity contribution in [3.8, 4) is 0 Å². The van der Waals surface area contributed by atoms with E-state index in [2.05, 4.69) is 14.5 Å². The van der Waals surface area contributed by atoms with Crippen LogP contribution >= 0.6 is 11.6 Å². The van der Waals surface area contributed by atoms with Crippen LogP contribution in [0.25, 0.3) is 22.1 Å². The molecule has 0 N–H and O–H groups in total. The summed E-state index contributed by atoms with van der Waals surface area (Å²) in [6.45, 7) is 0. The zero-order valence-corrected chi connectivity index (χ0v) is 13.3. The molecule has 0 spiro atoms. The highest BCUT2D eigenvalue weighted by atomic mass is 35.5. The molecule has 3 rings (SSSR count). The lowest BCUT2D eigenvalue weighted by atomic mass is 10.1. The van der Waals surface area contributed by atoms with E-state index in [0.29, 0.717) is 5.02 Å². The van der Waals surface area contributed by atoms with Crippen LogP contribution in [0.15, 0.2) is 33.5 Å². The van der Waals surface area contributed by atoms with Crippen LogP contribution in [0.3, 0.4) is 0 Å². The Morgan fingerprint density at radius 3 is 2.46 bits per heavy atom. The van der Waals surface area contributed by atoms with Crippen LogP contribution in [0.5, 0.6) is 0 Å². The van der Waals surface area contributed by atoms with Crippen molar-refractivity contribution in [3.05, 3.63) is 50.8 Å². The molecule has 0 saturated carbocycles. The fourth-order valence-electron chi connectivity index (χ4n) is 2.27. The summed E-state index contributed by atoms with van der Waals surface area (Å²) in [4.78, 5) is 40.3. The Hall–Kier alpha value is -2.93. The average molecular weight is 348 g/mol. The maximum absolute atomic E-state index is 12.6. The summed E-state index contributed by atoms with van der Waals surface area (Å²) in [5.41, 5.74) is -0.754. The maximum atomic E-state index is 12.6. The summed E-state index contributed by atoms with van der Waals surface area (Å²) >= 11 is 5.90. The molecule has 8 heteroatoms. The van der Waals surface area contributed by atoms with Crippen LogP contribution in [0.4, 0.5) is 0 Å². The number of benzene rings is 1. The van der Waals surface area contributed by atoms with Gasteiger partial charge in [-0.3, -0.25) is 4.79 Å². The van der Waals surface area contributed by atoms with E-state index in [1.165, 1.54) is 18.2 Å². The number of carbonyl (C=O) groups excluding carboxylic acids is 2. The van der Waals surface area contributed by atoms with E-state index in [4.69, 9.17) is 16.0 Å². The Morgan fingerprint density at radius 2 is 1.79 bits per heavy atom. The molecule has 0 saturated heterocycles. The number of ether oxygens (including phenoxy) is 2. The molecule has 0 amide bonds. The van der Waals surface area contributed by atoms with Crippen molar-refractivity contribution < 1.29 is 23.5 Å². The quantitative estimate of drug-likeness (QED) is 0.519. The number of hydrogen-bond donors (Lipinski definition) is 0. The molecule has 1 aromatic carbocycles. The van der Waals surface area contributed by atoms with E-state index in [1.54, 1.807) is 6.07 Å². The van der Waals surface area contributed by atoms with Crippen LogP contribution in [-0.4, -0.2) is 31.1 Å². The van der Waals surface area contributed by atoms with Gasteiger partial charge in [0.1, 0.15) is 5.58 Å². The van der Waals surface area contributed by atoms with Crippen molar-refractivity contribution in [1.82, 2.24) is 4.98 Å². The SMILES string of the molecule is COC(=O)c1cc2oc3ccc(Cl)cc3c(=O)c2nc1C(=O)OC. The number of carbonyl (C=O) groups is 2. The Labute approximate surface area is 139 Å². The van der Waals surface area contributed by atoms with Crippen molar-refractivity contribution in [1.29, 1.82) is 0 Å². The van der Waals surface area contributed by atoms with Gasteiger partial charge in [-0.1, -0.05) is 11.6 Å². The third-order valence-electron chi connectivity index (χ3n) is 3.39. The number of aromatic nitrogens is 1. The third kappa shape index (κ3) is 2.48. The summed E-state index contributed by atoms with van der Waals surface area (Å²) in [6, 6.07) is 5.77. The van der Waals surface area contributed by atoms with E-state index in [9.17, 15) is 14.4 Å². The van der Waals surface area contributed by atoms with Crippen molar-refractivity contribution in [2.45, 2.75) is 0 Å². The first-order valence-corrected chi connectivity index (χ1v) is 7.07. The fourth-order valence-corrected chi connectivity index (χ4v) is 2.44. The zero-order chi connectivity index (χ0) is 17.4. The van der Waals surface area contributed by atoms with Gasteiger partial charge in [-0.05, 0) is 18.2 Å². The van der Waals surface area contributed by atoms with Gasteiger partial charge in [0, 0.05) is 11.1 Å². The minimum atomic E-state index is -0.872. The monoisotopic (exact) mass is 347 g/mol. The smallest absolute Gasteiger partial charge is 0.357 e. The third-order valence-corrected chi connectivity index (χ3v) is 3.63. The first-order chi connectivity index (χ1) is 11.5. The highest BCUT2D eigenvalue weighted by molar-refractivity contribution is 6.31. The Kier molecular flexibility index (Phi) is 3.94. The molecule has 0 fully saturated rings. The second-order valence-corrected chi connectivity index (χ2v) is 5.22. The zero-order valence-electron chi connectivity index (χ0n) is 12.6. The van der Waals surface area contributed by atoms with Gasteiger partial charge in [0.2, 0.25) is 5.43 Å². The molecule has 3 aromatic rings. The van der Waals surface area contributed by atoms with E-state index in [1.807, 2.05) is 0 Å². The van der Waals surface area contributed by atoms with Crippen LogP contribution in [0.1, 0.15) is 20.8 Å². The van der Waals surface area contributed by atoms with E-state index in [0.717, 1.165) is 14.2 Å². The predicted octanol–water partition coefficient (Wildman–Crippen LogP) is 2.57. The van der Waals surface area contributed by atoms with Gasteiger partial charge in [-0.2, -0.15) is 0 Å². The lowest BCUT2D eigenvalue weighted by Gasteiger charge is -2.08. The Balaban J connectivity index is 2.44. The number of pyridine rings is 1. The summed E-state index contributed by atoms with van der Waals surface area (Å²) in [7, 11) is 2.30. The van der Waals surface area contributed by atoms with Gasteiger partial charge < -0.3 is 13.9 Å². The molecule has 122 valence electrons. The fraction of sp³-hybridized carbons (Fsp3) is 0.125. The normalized spacial score (nSPS) is 10.8. The minimum absolute atomic E-state index is 0.0443. The van der Waals surface area contributed by atoms with E-state index in [-0.39, 0.29) is 33.3 Å². The van der Waals surface area contributed by atoms with Gasteiger partial charge in [0.15, 0.2) is 16.8 Å². The summed E-state index contributed by atoms with van der Waals surface area (Å²) < 4.78 is 14.8. The topological polar surface area (TPSA) is 95.7 Å². The summed E-state index contributed by atoms with van der Waals surface area (Å²) in [5, 5.41) is 0.567. The molecule has 0 aliphatic heterocycles. The second kappa shape index (κ2) is 5.93. The molecule has 0 atom stereocenters. The lowest BCUT2D eigenvalue weighted by Crippen LogP contribution is -2.16. The van der Waals surface area contributed by atoms with E-state index < -0.39 is 17.4 Å². The number of methoxy groups -OCH3 is 2. The van der Waals surface area contributed by atoms with Gasteiger partial charge in [-0.15, -0.1) is 0 Å². The largest absolute Gasteiger partial charge is 0.465 e. The van der Waals surface area contributed by atoms with Gasteiger partial charge in [0.25, 0.3) is 0 Å². The average Bonchev–Trinajstić information content (AvgIpc) is 2.60. The van der Waals surface area contributed by atoms with Crippen LogP contribution in [-0.2, 0) is 9.47 Å². The molecule has 0 aliphatic rings. The maximum Gasteiger partial charge on any atom is 0.357 e. The van der Waals surface area contributed by atoms with Crippen molar-refractivity contribution in [3.63, 3.8) is 0 Å². The molecule has 0 bridgehead atoms. The molecule has 0 aliphatic carbocycles. The standard InChI is InChI=1S/C16H10ClNO6/c1-22-15(20)9-6-11-13(18-12(9)16(21)23-2)14(19)8-5-7(17)3-4-10(8)24-11/h3-6H,1-2H3. The number of halogens is 1. The molecule has 24 heavy (non-hydrogen) atoms. The Bertz CT molecular complexity index is 1060. The number of esters is 2. The van der Waals surface area contributed by atoms with Crippen molar-refractivity contribution >= 4 is 45.6 Å². The molecule has 2 aromatic heterocycles. The van der Waals surface area contributed by atoms with Crippen LogP contribution in [0.2, 0.25) is 5.02 Å². The molecular formula is C16H10ClNO6. The Morgan fingerprint density at radius 1 is 1.08 bits per heavy atom. The highest BCUT2D eigenvalue weighted by Crippen LogP contribution is 2.23. The number of hydrogen-bond acceptors (Lipinski definition) is 7. The van der Waals surface area contributed by atoms with Crippen molar-refractivity contribution in [2.24, 2.45) is 0 Å². The van der Waals surface area contributed by atoms with Gasteiger partial charge in [-0.25, -0.2) is 14.6 Å². The first-order valence-electron chi connectivity index (χ1n) is 6.70. The number of rotatable bonds is 2. The predicted molar refractivity (Wildman–Crippen MR) is 85.5 cm³/mol. The molecule has 0 unspecified atom stereocenters. The molecule has 7 nitrogen and oxygen atoms in total. The minimum Gasteiger partial charge on any atom is -0.465 e. The number of fused-ring (bicyclic) bond motifs is 2. The van der Waals surface area contributed by atoms with Crippen LogP contribution < -0.4 is 5.43 Å². The highest BCUT2D eigenvalue weighted by Gasteiger charge is 2.23. The second-order valence-electron chi connectivity index (χ2n) is 4.79. The molecular weight excluding hydrogens is 338 g/mol. The first kappa shape index (κ1) is 15.9. The van der Waals surface area contributed by atoms with Crippen molar-refractivity contribution in [2.75, 3.05) is 14.2 Å². The number of nitrogens with zero attached hydrogens (tertiary/aromatic N) is 1. The lowest BCUT2D eigenvalue weighted by molar-refractivity contribution is 0.0550. The molecule has 0 radical (unpaired) electrons. The van der Waals surface area contributed by atoms with E-state index >= 15 is 0 Å².